The first kappa shape index (κ1) is 27.3. The summed E-state index contributed by atoms with van der Waals surface area (Å²) < 4.78 is 5.30. The van der Waals surface area contributed by atoms with Crippen LogP contribution in [0, 0.1) is 0 Å². The molecule has 4 heterocycles. The number of nitrogens with one attached hydrogen (secondary N) is 2. The van der Waals surface area contributed by atoms with E-state index in [1.807, 2.05) is 53.7 Å². The predicted octanol–water partition coefficient (Wildman–Crippen LogP) is 4.07. The number of methoxy groups -OCH3 is 1. The Morgan fingerprint density at radius 1 is 1.07 bits per heavy atom. The number of likely N-dealkylation sites (tertiary alicyclic amines) is 1. The molecule has 1 unspecified atom stereocenters. The number of pyridine rings is 1. The van der Waals surface area contributed by atoms with Crippen molar-refractivity contribution >= 4 is 29.2 Å². The second kappa shape index (κ2) is 11.5. The first-order chi connectivity index (χ1) is 19.9. The Bertz CT molecular complexity index is 1360. The van der Waals surface area contributed by atoms with Crippen molar-refractivity contribution in [2.24, 2.45) is 0 Å². The van der Waals surface area contributed by atoms with Crippen LogP contribution in [0.15, 0.2) is 48.8 Å². The first-order valence-electron chi connectivity index (χ1n) is 14.6. The number of hydrogen-bond donors (Lipinski definition) is 2. The number of rotatable bonds is 10. The maximum Gasteiger partial charge on any atom is 0.249 e. The molecule has 1 spiro atoms. The van der Waals surface area contributed by atoms with E-state index < -0.39 is 5.54 Å². The zero-order valence-corrected chi connectivity index (χ0v) is 24.3. The van der Waals surface area contributed by atoms with Crippen molar-refractivity contribution < 1.29 is 9.53 Å². The van der Waals surface area contributed by atoms with Gasteiger partial charge in [-0.15, -0.1) is 0 Å². The van der Waals surface area contributed by atoms with Gasteiger partial charge in [0.15, 0.2) is 0 Å². The summed E-state index contributed by atoms with van der Waals surface area (Å²) in [4.78, 5) is 34.9. The molecule has 2 N–H and O–H groups in total. The number of carbonyl (C=O) groups excluding carboxylic acids is 1. The lowest BCUT2D eigenvalue weighted by Crippen LogP contribution is -2.56. The molecule has 0 radical (unpaired) electrons. The van der Waals surface area contributed by atoms with Gasteiger partial charge in [0.2, 0.25) is 11.9 Å². The molecule has 6 rings (SSSR count). The number of benzene rings is 1. The molecule has 1 aliphatic carbocycles. The van der Waals surface area contributed by atoms with Crippen molar-refractivity contribution in [2.45, 2.75) is 56.7 Å². The fraction of sp³-hybridized carbons (Fsp3) is 0.484. The Morgan fingerprint density at radius 2 is 1.88 bits per heavy atom. The van der Waals surface area contributed by atoms with Gasteiger partial charge >= 0.3 is 0 Å². The summed E-state index contributed by atoms with van der Waals surface area (Å²) in [5.41, 5.74) is 2.54. The highest BCUT2D eigenvalue weighted by molar-refractivity contribution is 5.94. The molecule has 41 heavy (non-hydrogen) atoms. The van der Waals surface area contributed by atoms with Crippen LogP contribution in [0.1, 0.15) is 43.2 Å². The minimum Gasteiger partial charge on any atom is -0.497 e. The van der Waals surface area contributed by atoms with Crippen LogP contribution >= 0.6 is 0 Å². The van der Waals surface area contributed by atoms with E-state index in [1.165, 1.54) is 12.8 Å². The fourth-order valence-electron chi connectivity index (χ4n) is 6.50. The quantitative estimate of drug-likeness (QED) is 0.383. The Hall–Kier alpha value is -3.92. The summed E-state index contributed by atoms with van der Waals surface area (Å²) in [5, 5.41) is 6.67. The molecule has 1 aromatic carbocycles. The van der Waals surface area contributed by atoms with Crippen molar-refractivity contribution in [3.8, 4) is 5.75 Å². The number of likely N-dealkylation sites (N-methyl/N-ethyl adjacent to an activating group) is 1. The summed E-state index contributed by atoms with van der Waals surface area (Å²) in [5.74, 6) is 3.11. The molecule has 1 saturated carbocycles. The monoisotopic (exact) mass is 556 g/mol. The number of nitrogens with zero attached hydrogens (tertiary/aromatic N) is 6. The lowest BCUT2D eigenvalue weighted by atomic mass is 9.91. The average Bonchev–Trinajstić information content (AvgIpc) is 3.69. The van der Waals surface area contributed by atoms with Gasteiger partial charge in [-0.05, 0) is 63.2 Å². The molecule has 10 nitrogen and oxygen atoms in total. The number of fused-ring (bicyclic) bond motifs is 1. The van der Waals surface area contributed by atoms with Gasteiger partial charge in [0, 0.05) is 50.4 Å². The van der Waals surface area contributed by atoms with Crippen LogP contribution in [-0.4, -0.2) is 83.1 Å². The summed E-state index contributed by atoms with van der Waals surface area (Å²) in [7, 11) is 5.78. The van der Waals surface area contributed by atoms with Crippen LogP contribution in [0.3, 0.4) is 0 Å². The Morgan fingerprint density at radius 3 is 2.59 bits per heavy atom. The molecule has 216 valence electrons. The Balaban J connectivity index is 1.20. The van der Waals surface area contributed by atoms with Crippen LogP contribution in [0.4, 0.5) is 23.3 Å². The molecule has 2 fully saturated rings. The summed E-state index contributed by atoms with van der Waals surface area (Å²) in [6.07, 6.45) is 9.71. The van der Waals surface area contributed by atoms with Gasteiger partial charge in [-0.3, -0.25) is 4.79 Å². The van der Waals surface area contributed by atoms with Gasteiger partial charge in [0.1, 0.15) is 22.9 Å². The summed E-state index contributed by atoms with van der Waals surface area (Å²) >= 11 is 0. The van der Waals surface area contributed by atoms with Crippen molar-refractivity contribution in [1.29, 1.82) is 0 Å². The first-order valence-corrected chi connectivity index (χ1v) is 14.6. The topological polar surface area (TPSA) is 98.8 Å². The molecule has 0 bridgehead atoms. The number of anilines is 4. The lowest BCUT2D eigenvalue weighted by molar-refractivity contribution is -0.132. The van der Waals surface area contributed by atoms with Gasteiger partial charge in [-0.25, -0.2) is 9.97 Å². The van der Waals surface area contributed by atoms with Crippen LogP contribution in [0.25, 0.3) is 0 Å². The van der Waals surface area contributed by atoms with Gasteiger partial charge in [-0.2, -0.15) is 4.98 Å². The highest BCUT2D eigenvalue weighted by Gasteiger charge is 2.57. The van der Waals surface area contributed by atoms with E-state index in [9.17, 15) is 4.79 Å². The summed E-state index contributed by atoms with van der Waals surface area (Å²) in [6.45, 7) is 3.14. The number of ether oxygens (including phenoxy) is 1. The molecule has 1 saturated heterocycles. The van der Waals surface area contributed by atoms with Crippen LogP contribution < -0.4 is 20.3 Å². The summed E-state index contributed by atoms with van der Waals surface area (Å²) in [6, 6.07) is 12.2. The van der Waals surface area contributed by atoms with Crippen LogP contribution in [-0.2, 0) is 17.8 Å². The van der Waals surface area contributed by atoms with Crippen LogP contribution in [0.5, 0.6) is 5.75 Å². The lowest BCUT2D eigenvalue weighted by Gasteiger charge is -2.39. The Kier molecular flexibility index (Phi) is 7.66. The molecular formula is C31H40N8O2. The number of amides is 1. The molecule has 2 aliphatic heterocycles. The second-order valence-corrected chi connectivity index (χ2v) is 11.7. The molecule has 1 amide bonds. The highest BCUT2D eigenvalue weighted by Crippen LogP contribution is 2.48. The van der Waals surface area contributed by atoms with E-state index in [-0.39, 0.29) is 5.91 Å². The zero-order chi connectivity index (χ0) is 28.4. The van der Waals surface area contributed by atoms with Crippen molar-refractivity contribution in [2.75, 3.05) is 56.4 Å². The molecule has 1 atom stereocenters. The SMILES string of the molecule is COc1ccc(CN2CCC3(Cc4cnc(Nc5ccc(NCCN(C)C)cn5)nc4N3C3CCCC3)C2=O)cc1. The Labute approximate surface area is 242 Å². The van der Waals surface area contributed by atoms with E-state index in [2.05, 4.69) is 44.5 Å². The smallest absolute Gasteiger partial charge is 0.249 e. The minimum atomic E-state index is -0.588. The zero-order valence-electron chi connectivity index (χ0n) is 24.3. The average molecular weight is 557 g/mol. The second-order valence-electron chi connectivity index (χ2n) is 11.7. The fourth-order valence-corrected chi connectivity index (χ4v) is 6.50. The van der Waals surface area contributed by atoms with Gasteiger partial charge < -0.3 is 30.1 Å². The van der Waals surface area contributed by atoms with E-state index in [4.69, 9.17) is 9.72 Å². The van der Waals surface area contributed by atoms with Gasteiger partial charge in [0.25, 0.3) is 0 Å². The number of carbonyl (C=O) groups is 1. The molecule has 3 aliphatic rings. The van der Waals surface area contributed by atoms with Crippen LogP contribution in [0.2, 0.25) is 0 Å². The van der Waals surface area contributed by atoms with Gasteiger partial charge in [-0.1, -0.05) is 25.0 Å². The predicted molar refractivity (Wildman–Crippen MR) is 161 cm³/mol. The molecular weight excluding hydrogens is 516 g/mol. The minimum absolute atomic E-state index is 0.201. The van der Waals surface area contributed by atoms with E-state index in [0.717, 1.165) is 67.3 Å². The maximum atomic E-state index is 14.2. The third-order valence-electron chi connectivity index (χ3n) is 8.61. The molecule has 3 aromatic rings. The maximum absolute atomic E-state index is 14.2. The molecule has 10 heteroatoms. The van der Waals surface area contributed by atoms with E-state index in [1.54, 1.807) is 7.11 Å². The molecule has 2 aromatic heterocycles. The van der Waals surface area contributed by atoms with Crippen molar-refractivity contribution in [3.05, 3.63) is 59.9 Å². The largest absolute Gasteiger partial charge is 0.497 e. The number of aromatic nitrogens is 3. The standard InChI is InChI=1S/C31H40N8O2/c1-37(2)17-15-32-24-10-13-27(33-20-24)35-30-34-19-23-18-31(39(28(23)36-30)25-6-4-5-7-25)14-16-38(29(31)40)21-22-8-11-26(41-3)12-9-22/h8-13,19-20,25,32H,4-7,14-18,21H2,1-3H3,(H,33,34,35,36). The normalized spacial score (nSPS) is 20.3. The van der Waals surface area contributed by atoms with Gasteiger partial charge in [0.05, 0.1) is 19.0 Å². The van der Waals surface area contributed by atoms with E-state index >= 15 is 0 Å². The third kappa shape index (κ3) is 5.53. The van der Waals surface area contributed by atoms with E-state index in [0.29, 0.717) is 30.8 Å². The highest BCUT2D eigenvalue weighted by atomic mass is 16.5. The number of hydrogen-bond acceptors (Lipinski definition) is 9. The van der Waals surface area contributed by atoms with Crippen molar-refractivity contribution in [3.63, 3.8) is 0 Å². The van der Waals surface area contributed by atoms with Crippen molar-refractivity contribution in [1.82, 2.24) is 24.8 Å². The third-order valence-corrected chi connectivity index (χ3v) is 8.61.